The largest absolute Gasteiger partial charge is 0.497 e. The molecular weight excluding hydrogens is 292 g/mol. The van der Waals surface area contributed by atoms with Crippen LogP contribution in [0.5, 0.6) is 11.6 Å². The molecule has 0 saturated heterocycles. The molecule has 3 rings (SSSR count). The molecule has 0 aliphatic rings. The number of H-pyrrole nitrogens is 1. The molecular formula is C18H16N2O3. The average molecular weight is 308 g/mol. The average Bonchev–Trinajstić information content (AvgIpc) is 2.87. The van der Waals surface area contributed by atoms with Gasteiger partial charge in [-0.2, -0.15) is 0 Å². The number of hydrogen-bond acceptors (Lipinski definition) is 4. The number of fused-ring (bicyclic) bond motifs is 1. The van der Waals surface area contributed by atoms with Crippen LogP contribution >= 0.6 is 0 Å². The van der Waals surface area contributed by atoms with E-state index < -0.39 is 0 Å². The van der Waals surface area contributed by atoms with Gasteiger partial charge in [0.25, 0.3) is 0 Å². The maximum Gasteiger partial charge on any atom is 0.198 e. The first-order chi connectivity index (χ1) is 11.1. The van der Waals surface area contributed by atoms with Crippen molar-refractivity contribution in [2.45, 2.75) is 6.92 Å². The second kappa shape index (κ2) is 5.96. The highest BCUT2D eigenvalue weighted by Gasteiger charge is 2.09. The first-order valence-electron chi connectivity index (χ1n) is 7.12. The van der Waals surface area contributed by atoms with Crippen LogP contribution in [0.3, 0.4) is 0 Å². The summed E-state index contributed by atoms with van der Waals surface area (Å²) in [5.74, 6) is 0.774. The fourth-order valence-electron chi connectivity index (χ4n) is 2.36. The highest BCUT2D eigenvalue weighted by molar-refractivity contribution is 6.03. The van der Waals surface area contributed by atoms with Crippen molar-refractivity contribution < 1.29 is 14.6 Å². The summed E-state index contributed by atoms with van der Waals surface area (Å²) in [5.41, 5.74) is 2.74. The third kappa shape index (κ3) is 2.94. The standard InChI is InChI=1S/C18H16N2O3/c1-11(21)12-3-5-13(6-4-12)19-10-16-15-9-14(23-2)7-8-17(15)20-18(16)22/h3-10,20,22H,1-2H3. The van der Waals surface area contributed by atoms with Crippen LogP contribution in [0, 0.1) is 0 Å². The summed E-state index contributed by atoms with van der Waals surface area (Å²) in [6, 6.07) is 12.5. The van der Waals surface area contributed by atoms with Crippen molar-refractivity contribution in [3.63, 3.8) is 0 Å². The second-order valence-electron chi connectivity index (χ2n) is 5.16. The smallest absolute Gasteiger partial charge is 0.198 e. The summed E-state index contributed by atoms with van der Waals surface area (Å²) in [5, 5.41) is 10.9. The lowest BCUT2D eigenvalue weighted by molar-refractivity contribution is 0.101. The number of carbonyl (C=O) groups excluding carboxylic acids is 1. The first kappa shape index (κ1) is 14.8. The molecule has 0 spiro atoms. The zero-order chi connectivity index (χ0) is 16.4. The van der Waals surface area contributed by atoms with Gasteiger partial charge in [-0.05, 0) is 49.4 Å². The van der Waals surface area contributed by atoms with Gasteiger partial charge in [0, 0.05) is 22.7 Å². The number of rotatable bonds is 4. The lowest BCUT2D eigenvalue weighted by Gasteiger charge is -1.99. The molecule has 1 heterocycles. The Balaban J connectivity index is 1.96. The van der Waals surface area contributed by atoms with E-state index in [1.165, 1.54) is 6.92 Å². The lowest BCUT2D eigenvalue weighted by Crippen LogP contribution is -1.89. The molecule has 116 valence electrons. The van der Waals surface area contributed by atoms with Gasteiger partial charge in [-0.15, -0.1) is 0 Å². The van der Waals surface area contributed by atoms with Crippen molar-refractivity contribution >= 4 is 28.6 Å². The predicted molar refractivity (Wildman–Crippen MR) is 90.2 cm³/mol. The molecule has 2 N–H and O–H groups in total. The SMILES string of the molecule is COc1ccc2[nH]c(O)c(C=Nc3ccc(C(C)=O)cc3)c2c1. The van der Waals surface area contributed by atoms with E-state index in [4.69, 9.17) is 4.74 Å². The molecule has 0 unspecified atom stereocenters. The number of carbonyl (C=O) groups is 1. The van der Waals surface area contributed by atoms with Crippen LogP contribution < -0.4 is 4.74 Å². The number of ether oxygens (including phenoxy) is 1. The van der Waals surface area contributed by atoms with Crippen LogP contribution in [0.15, 0.2) is 47.5 Å². The molecule has 23 heavy (non-hydrogen) atoms. The van der Waals surface area contributed by atoms with Crippen molar-refractivity contribution in [2.75, 3.05) is 7.11 Å². The minimum atomic E-state index is 0.0156. The zero-order valence-electron chi connectivity index (χ0n) is 12.8. The Morgan fingerprint density at radius 3 is 2.61 bits per heavy atom. The van der Waals surface area contributed by atoms with Crippen LogP contribution in [-0.4, -0.2) is 29.2 Å². The number of benzene rings is 2. The lowest BCUT2D eigenvalue weighted by atomic mass is 10.1. The van der Waals surface area contributed by atoms with Gasteiger partial charge in [-0.3, -0.25) is 9.79 Å². The fraction of sp³-hybridized carbons (Fsp3) is 0.111. The van der Waals surface area contributed by atoms with Crippen molar-refractivity contribution in [1.82, 2.24) is 4.98 Å². The molecule has 5 heteroatoms. The summed E-state index contributed by atoms with van der Waals surface area (Å²) in [6.07, 6.45) is 1.59. The Hall–Kier alpha value is -3.08. The molecule has 2 aromatic carbocycles. The van der Waals surface area contributed by atoms with Crippen molar-refractivity contribution in [3.05, 3.63) is 53.6 Å². The van der Waals surface area contributed by atoms with Crippen LogP contribution in [0.2, 0.25) is 0 Å². The molecule has 0 aliphatic carbocycles. The quantitative estimate of drug-likeness (QED) is 0.568. The van der Waals surface area contributed by atoms with Gasteiger partial charge in [0.2, 0.25) is 0 Å². The number of Topliss-reactive ketones (excluding diaryl/α,β-unsaturated/α-hetero) is 1. The van der Waals surface area contributed by atoms with E-state index in [1.807, 2.05) is 18.2 Å². The van der Waals surface area contributed by atoms with Gasteiger partial charge in [-0.25, -0.2) is 0 Å². The minimum Gasteiger partial charge on any atom is -0.497 e. The summed E-state index contributed by atoms with van der Waals surface area (Å²) in [4.78, 5) is 18.5. The van der Waals surface area contributed by atoms with Gasteiger partial charge in [0.15, 0.2) is 11.7 Å². The number of nitrogens with zero attached hydrogens (tertiary/aromatic N) is 1. The van der Waals surface area contributed by atoms with Crippen molar-refractivity contribution in [2.24, 2.45) is 4.99 Å². The van der Waals surface area contributed by atoms with Gasteiger partial charge in [0.1, 0.15) is 5.75 Å². The molecule has 3 aromatic rings. The van der Waals surface area contributed by atoms with Gasteiger partial charge in [-0.1, -0.05) is 0 Å². The Kier molecular flexibility index (Phi) is 3.85. The molecule has 0 fully saturated rings. The second-order valence-corrected chi connectivity index (χ2v) is 5.16. The van der Waals surface area contributed by atoms with Crippen LogP contribution in [0.25, 0.3) is 10.9 Å². The Bertz CT molecular complexity index is 893. The zero-order valence-corrected chi connectivity index (χ0v) is 12.8. The number of methoxy groups -OCH3 is 1. The molecule has 5 nitrogen and oxygen atoms in total. The van der Waals surface area contributed by atoms with Gasteiger partial charge >= 0.3 is 0 Å². The van der Waals surface area contributed by atoms with Crippen molar-refractivity contribution in [1.29, 1.82) is 0 Å². The van der Waals surface area contributed by atoms with Crippen LogP contribution in [0.4, 0.5) is 5.69 Å². The van der Waals surface area contributed by atoms with Crippen LogP contribution in [0.1, 0.15) is 22.8 Å². The first-order valence-corrected chi connectivity index (χ1v) is 7.12. The number of aromatic amines is 1. The maximum absolute atomic E-state index is 11.3. The number of aliphatic imine (C=N–C) groups is 1. The topological polar surface area (TPSA) is 74.7 Å². The summed E-state index contributed by atoms with van der Waals surface area (Å²) < 4.78 is 5.21. The summed E-state index contributed by atoms with van der Waals surface area (Å²) in [7, 11) is 1.60. The predicted octanol–water partition coefficient (Wildman–Crippen LogP) is 3.84. The number of aromatic nitrogens is 1. The number of ketones is 1. The minimum absolute atomic E-state index is 0.0156. The van der Waals surface area contributed by atoms with E-state index >= 15 is 0 Å². The molecule has 0 amide bonds. The number of nitrogens with one attached hydrogen (secondary N) is 1. The summed E-state index contributed by atoms with van der Waals surface area (Å²) >= 11 is 0. The third-order valence-electron chi connectivity index (χ3n) is 3.64. The van der Waals surface area contributed by atoms with Crippen molar-refractivity contribution in [3.8, 4) is 11.6 Å². The highest BCUT2D eigenvalue weighted by atomic mass is 16.5. The molecule has 0 bridgehead atoms. The van der Waals surface area contributed by atoms with E-state index in [1.54, 1.807) is 37.6 Å². The molecule has 0 saturated carbocycles. The molecule has 0 aliphatic heterocycles. The van der Waals surface area contributed by atoms with E-state index in [2.05, 4.69) is 9.98 Å². The Morgan fingerprint density at radius 1 is 1.22 bits per heavy atom. The van der Waals surface area contributed by atoms with E-state index in [9.17, 15) is 9.90 Å². The highest BCUT2D eigenvalue weighted by Crippen LogP contribution is 2.29. The normalized spacial score (nSPS) is 11.2. The molecule has 0 atom stereocenters. The Labute approximate surface area is 133 Å². The maximum atomic E-state index is 11.3. The van der Waals surface area contributed by atoms with E-state index in [-0.39, 0.29) is 11.7 Å². The summed E-state index contributed by atoms with van der Waals surface area (Å²) in [6.45, 7) is 1.52. The van der Waals surface area contributed by atoms with Gasteiger partial charge in [0.05, 0.1) is 18.4 Å². The molecule has 0 radical (unpaired) electrons. The van der Waals surface area contributed by atoms with E-state index in [0.717, 1.165) is 10.9 Å². The fourth-order valence-corrected chi connectivity index (χ4v) is 2.36. The monoisotopic (exact) mass is 308 g/mol. The van der Waals surface area contributed by atoms with Gasteiger partial charge < -0.3 is 14.8 Å². The van der Waals surface area contributed by atoms with Crippen LogP contribution in [-0.2, 0) is 0 Å². The number of aromatic hydroxyl groups is 1. The number of hydrogen-bond donors (Lipinski definition) is 2. The Morgan fingerprint density at radius 2 is 1.96 bits per heavy atom. The third-order valence-corrected chi connectivity index (χ3v) is 3.64. The molecule has 1 aromatic heterocycles. The van der Waals surface area contributed by atoms with E-state index in [0.29, 0.717) is 22.6 Å².